The van der Waals surface area contributed by atoms with E-state index < -0.39 is 22.4 Å². The lowest BCUT2D eigenvalue weighted by atomic mass is 10.1. The predicted octanol–water partition coefficient (Wildman–Crippen LogP) is 4.67. The Morgan fingerprint density at radius 2 is 1.79 bits per heavy atom. The van der Waals surface area contributed by atoms with Gasteiger partial charge in [-0.25, -0.2) is 0 Å². The van der Waals surface area contributed by atoms with Crippen LogP contribution < -0.4 is 5.32 Å². The molecule has 2 aromatic rings. The Morgan fingerprint density at radius 1 is 1.17 bits per heavy atom. The van der Waals surface area contributed by atoms with Crippen LogP contribution in [0, 0.1) is 10.1 Å². The maximum absolute atomic E-state index is 12.6. The first-order chi connectivity index (χ1) is 11.2. The molecule has 0 aliphatic rings. The summed E-state index contributed by atoms with van der Waals surface area (Å²) in [7, 11) is 0. The number of hydrogen-bond donors (Lipinski definition) is 1. The number of anilines is 1. The van der Waals surface area contributed by atoms with Crippen LogP contribution in [0.2, 0.25) is 0 Å². The largest absolute Gasteiger partial charge is 0.416 e. The summed E-state index contributed by atoms with van der Waals surface area (Å²) in [5, 5.41) is 13.5. The van der Waals surface area contributed by atoms with E-state index in [1.807, 2.05) is 0 Å². The van der Waals surface area contributed by atoms with E-state index in [0.717, 1.165) is 16.6 Å². The molecule has 24 heavy (non-hydrogen) atoms. The number of halogens is 4. The SMILES string of the molecule is O=C(CNc1ccc(C(F)(F)F)cc1[N+](=O)[O-])c1ccc(Br)cc1. The lowest BCUT2D eigenvalue weighted by Gasteiger charge is -2.10. The zero-order chi connectivity index (χ0) is 17.9. The third-order valence-electron chi connectivity index (χ3n) is 3.13. The van der Waals surface area contributed by atoms with Crippen LogP contribution in [-0.4, -0.2) is 17.3 Å². The van der Waals surface area contributed by atoms with Crippen molar-refractivity contribution in [1.29, 1.82) is 0 Å². The summed E-state index contributed by atoms with van der Waals surface area (Å²) in [6, 6.07) is 8.55. The topological polar surface area (TPSA) is 72.2 Å². The van der Waals surface area contributed by atoms with Gasteiger partial charge in [-0.15, -0.1) is 0 Å². The fraction of sp³-hybridized carbons (Fsp3) is 0.133. The number of nitro groups is 1. The molecular weight excluding hydrogens is 393 g/mol. The number of hydrogen-bond acceptors (Lipinski definition) is 4. The number of alkyl halides is 3. The van der Waals surface area contributed by atoms with Gasteiger partial charge in [0.1, 0.15) is 5.69 Å². The van der Waals surface area contributed by atoms with E-state index in [9.17, 15) is 28.1 Å². The quantitative estimate of drug-likeness (QED) is 0.448. The summed E-state index contributed by atoms with van der Waals surface area (Å²) in [6.45, 7) is -0.284. The van der Waals surface area contributed by atoms with Crippen LogP contribution in [-0.2, 0) is 6.18 Å². The number of ketones is 1. The van der Waals surface area contributed by atoms with E-state index in [0.29, 0.717) is 11.6 Å². The second-order valence-electron chi connectivity index (χ2n) is 4.77. The number of Topliss-reactive ketones (excluding diaryl/α,β-unsaturated/α-hetero) is 1. The normalized spacial score (nSPS) is 11.2. The van der Waals surface area contributed by atoms with Crippen molar-refractivity contribution < 1.29 is 22.9 Å². The van der Waals surface area contributed by atoms with Gasteiger partial charge in [0.15, 0.2) is 5.78 Å². The van der Waals surface area contributed by atoms with E-state index >= 15 is 0 Å². The monoisotopic (exact) mass is 402 g/mol. The predicted molar refractivity (Wildman–Crippen MR) is 85.1 cm³/mol. The number of nitrogens with one attached hydrogen (secondary N) is 1. The number of carbonyl (C=O) groups excluding carboxylic acids is 1. The second-order valence-corrected chi connectivity index (χ2v) is 5.69. The van der Waals surface area contributed by atoms with Gasteiger partial charge in [0.05, 0.1) is 17.0 Å². The Kier molecular flexibility index (Phi) is 5.23. The number of benzene rings is 2. The van der Waals surface area contributed by atoms with Gasteiger partial charge in [-0.2, -0.15) is 13.2 Å². The zero-order valence-electron chi connectivity index (χ0n) is 11.9. The van der Waals surface area contributed by atoms with Crippen LogP contribution in [0.3, 0.4) is 0 Å². The van der Waals surface area contributed by atoms with Gasteiger partial charge in [-0.3, -0.25) is 14.9 Å². The van der Waals surface area contributed by atoms with E-state index in [1.165, 1.54) is 0 Å². The maximum atomic E-state index is 12.6. The molecule has 5 nitrogen and oxygen atoms in total. The summed E-state index contributed by atoms with van der Waals surface area (Å²) < 4.78 is 38.7. The van der Waals surface area contributed by atoms with Gasteiger partial charge in [-0.1, -0.05) is 28.1 Å². The Labute approximate surface area is 142 Å². The lowest BCUT2D eigenvalue weighted by Crippen LogP contribution is -2.15. The van der Waals surface area contributed by atoms with E-state index in [2.05, 4.69) is 21.2 Å². The molecule has 9 heteroatoms. The average Bonchev–Trinajstić information content (AvgIpc) is 2.52. The van der Waals surface area contributed by atoms with Crippen molar-refractivity contribution in [2.75, 3.05) is 11.9 Å². The third kappa shape index (κ3) is 4.31. The zero-order valence-corrected chi connectivity index (χ0v) is 13.5. The minimum atomic E-state index is -4.68. The van der Waals surface area contributed by atoms with Crippen LogP contribution in [0.15, 0.2) is 46.9 Å². The van der Waals surface area contributed by atoms with Crippen molar-refractivity contribution in [2.45, 2.75) is 6.18 Å². The molecule has 1 N–H and O–H groups in total. The molecule has 2 rings (SSSR count). The van der Waals surface area contributed by atoms with Crippen molar-refractivity contribution in [2.24, 2.45) is 0 Å². The highest BCUT2D eigenvalue weighted by Crippen LogP contribution is 2.34. The first-order valence-electron chi connectivity index (χ1n) is 6.57. The molecule has 0 fully saturated rings. The number of nitrogens with zero attached hydrogens (tertiary/aromatic N) is 1. The molecule has 0 amide bonds. The minimum Gasteiger partial charge on any atom is -0.372 e. The second kappa shape index (κ2) is 7.00. The molecule has 0 unspecified atom stereocenters. The lowest BCUT2D eigenvalue weighted by molar-refractivity contribution is -0.384. The van der Waals surface area contributed by atoms with Gasteiger partial charge in [0.25, 0.3) is 5.69 Å². The summed E-state index contributed by atoms with van der Waals surface area (Å²) in [6.07, 6.45) is -4.68. The van der Waals surface area contributed by atoms with Crippen LogP contribution in [0.5, 0.6) is 0 Å². The van der Waals surface area contributed by atoms with Crippen LogP contribution in [0.4, 0.5) is 24.5 Å². The molecule has 0 aliphatic heterocycles. The van der Waals surface area contributed by atoms with Crippen LogP contribution in [0.1, 0.15) is 15.9 Å². The summed E-state index contributed by atoms with van der Waals surface area (Å²) in [5.74, 6) is -0.350. The fourth-order valence-corrected chi connectivity index (χ4v) is 2.19. The Bertz CT molecular complexity index is 777. The number of carbonyl (C=O) groups is 1. The molecular formula is C15H10BrF3N2O3. The molecule has 0 radical (unpaired) electrons. The molecule has 0 aromatic heterocycles. The molecule has 0 spiro atoms. The van der Waals surface area contributed by atoms with E-state index in [4.69, 9.17) is 0 Å². The Balaban J connectivity index is 2.18. The summed E-state index contributed by atoms with van der Waals surface area (Å²) >= 11 is 3.22. The van der Waals surface area contributed by atoms with Gasteiger partial charge >= 0.3 is 6.18 Å². The molecule has 0 atom stereocenters. The first kappa shape index (κ1) is 17.9. The van der Waals surface area contributed by atoms with Crippen molar-refractivity contribution in [1.82, 2.24) is 0 Å². The van der Waals surface area contributed by atoms with Gasteiger partial charge < -0.3 is 5.32 Å². The highest BCUT2D eigenvalue weighted by Gasteiger charge is 2.33. The molecule has 0 saturated carbocycles. The van der Waals surface area contributed by atoms with Gasteiger partial charge in [0.2, 0.25) is 0 Å². The van der Waals surface area contributed by atoms with Crippen LogP contribution >= 0.6 is 15.9 Å². The van der Waals surface area contributed by atoms with Crippen molar-refractivity contribution >= 4 is 33.1 Å². The third-order valence-corrected chi connectivity index (χ3v) is 3.66. The fourth-order valence-electron chi connectivity index (χ4n) is 1.92. The maximum Gasteiger partial charge on any atom is 0.416 e. The summed E-state index contributed by atoms with van der Waals surface area (Å²) in [4.78, 5) is 22.0. The minimum absolute atomic E-state index is 0.154. The van der Waals surface area contributed by atoms with Crippen molar-refractivity contribution in [3.8, 4) is 0 Å². The highest BCUT2D eigenvalue weighted by molar-refractivity contribution is 9.10. The molecule has 126 valence electrons. The first-order valence-corrected chi connectivity index (χ1v) is 7.36. The molecule has 0 aliphatic carbocycles. The Morgan fingerprint density at radius 3 is 2.33 bits per heavy atom. The molecule has 0 saturated heterocycles. The molecule has 0 bridgehead atoms. The van der Waals surface area contributed by atoms with Crippen LogP contribution in [0.25, 0.3) is 0 Å². The van der Waals surface area contributed by atoms with Crippen molar-refractivity contribution in [3.63, 3.8) is 0 Å². The highest BCUT2D eigenvalue weighted by atomic mass is 79.9. The van der Waals surface area contributed by atoms with Gasteiger partial charge in [0, 0.05) is 16.1 Å². The molecule has 2 aromatic carbocycles. The smallest absolute Gasteiger partial charge is 0.372 e. The molecule has 0 heterocycles. The Hall–Kier alpha value is -2.42. The van der Waals surface area contributed by atoms with E-state index in [1.54, 1.807) is 24.3 Å². The van der Waals surface area contributed by atoms with Crippen molar-refractivity contribution in [3.05, 3.63) is 68.2 Å². The number of rotatable bonds is 5. The number of nitro benzene ring substituents is 1. The van der Waals surface area contributed by atoms with Gasteiger partial charge in [-0.05, 0) is 24.3 Å². The average molecular weight is 403 g/mol. The summed E-state index contributed by atoms with van der Waals surface area (Å²) in [5.41, 5.74) is -1.65. The van der Waals surface area contributed by atoms with E-state index in [-0.39, 0.29) is 18.0 Å². The standard InChI is InChI=1S/C15H10BrF3N2O3/c16-11-4-1-9(2-5-11)14(22)8-20-12-6-3-10(15(17,18)19)7-13(12)21(23)24/h1-7,20H,8H2.